The predicted octanol–water partition coefficient (Wildman–Crippen LogP) is 2.75. The van der Waals surface area contributed by atoms with Crippen LogP contribution in [0.25, 0.3) is 0 Å². The predicted molar refractivity (Wildman–Crippen MR) is 98.2 cm³/mol. The number of carbonyl (C=O) groups is 2. The maximum absolute atomic E-state index is 13.2. The molecule has 1 aromatic heterocycles. The normalized spacial score (nSPS) is 10.9. The standard InChI is InChI=1S/C17H19F3N6O2/c1-10(27)21-6-7-22-15-14(17(18,19)20)9-23-16(26-15)25-13-5-3-4-12(8-13)24-11(2)28/h3-5,8-9H,6-7H2,1-2H3,(H,21,27)(H,24,28)(H2,22,23,25,26). The highest BCUT2D eigenvalue weighted by Crippen LogP contribution is 2.34. The Balaban J connectivity index is 2.19. The summed E-state index contributed by atoms with van der Waals surface area (Å²) >= 11 is 0. The third-order valence-electron chi connectivity index (χ3n) is 3.32. The van der Waals surface area contributed by atoms with Gasteiger partial charge in [-0.05, 0) is 18.2 Å². The maximum atomic E-state index is 13.2. The molecule has 0 saturated carbocycles. The molecule has 0 bridgehead atoms. The fraction of sp³-hybridized carbons (Fsp3) is 0.294. The quantitative estimate of drug-likeness (QED) is 0.536. The highest BCUT2D eigenvalue weighted by atomic mass is 19.4. The van der Waals surface area contributed by atoms with Gasteiger partial charge in [0.2, 0.25) is 17.8 Å². The van der Waals surface area contributed by atoms with E-state index in [0.717, 1.165) is 0 Å². The van der Waals surface area contributed by atoms with Crippen LogP contribution in [0.5, 0.6) is 0 Å². The molecule has 2 amide bonds. The minimum absolute atomic E-state index is 0.0527. The lowest BCUT2D eigenvalue weighted by atomic mass is 10.2. The number of nitrogens with one attached hydrogen (secondary N) is 4. The van der Waals surface area contributed by atoms with Gasteiger partial charge in [0, 0.05) is 44.5 Å². The largest absolute Gasteiger partial charge is 0.421 e. The van der Waals surface area contributed by atoms with Gasteiger partial charge in [-0.15, -0.1) is 0 Å². The van der Waals surface area contributed by atoms with E-state index in [-0.39, 0.29) is 30.9 Å². The molecule has 0 spiro atoms. The van der Waals surface area contributed by atoms with Gasteiger partial charge >= 0.3 is 6.18 Å². The molecule has 28 heavy (non-hydrogen) atoms. The number of amides is 2. The summed E-state index contributed by atoms with van der Waals surface area (Å²) in [6, 6.07) is 6.56. The molecule has 0 saturated heterocycles. The minimum Gasteiger partial charge on any atom is -0.368 e. The number of benzene rings is 1. The van der Waals surface area contributed by atoms with Gasteiger partial charge < -0.3 is 21.3 Å². The number of anilines is 4. The van der Waals surface area contributed by atoms with E-state index < -0.39 is 17.6 Å². The van der Waals surface area contributed by atoms with Crippen molar-refractivity contribution in [1.82, 2.24) is 15.3 Å². The number of nitrogens with zero attached hydrogens (tertiary/aromatic N) is 2. The first kappa shape index (κ1) is 20.9. The van der Waals surface area contributed by atoms with Crippen molar-refractivity contribution in [3.8, 4) is 0 Å². The first-order valence-electron chi connectivity index (χ1n) is 8.22. The summed E-state index contributed by atoms with van der Waals surface area (Å²) in [5, 5.41) is 10.4. The number of aromatic nitrogens is 2. The van der Waals surface area contributed by atoms with E-state index in [4.69, 9.17) is 0 Å². The van der Waals surface area contributed by atoms with Gasteiger partial charge in [0.05, 0.1) is 0 Å². The van der Waals surface area contributed by atoms with E-state index in [9.17, 15) is 22.8 Å². The van der Waals surface area contributed by atoms with E-state index in [2.05, 4.69) is 31.2 Å². The highest BCUT2D eigenvalue weighted by molar-refractivity contribution is 5.89. The zero-order valence-electron chi connectivity index (χ0n) is 15.1. The number of carbonyl (C=O) groups excluding carboxylic acids is 2. The minimum atomic E-state index is -4.64. The second-order valence-electron chi connectivity index (χ2n) is 5.75. The van der Waals surface area contributed by atoms with Gasteiger partial charge in [0.1, 0.15) is 11.4 Å². The fourth-order valence-electron chi connectivity index (χ4n) is 2.21. The summed E-state index contributed by atoms with van der Waals surface area (Å²) in [6.07, 6.45) is -3.96. The molecular formula is C17H19F3N6O2. The second kappa shape index (κ2) is 9.02. The van der Waals surface area contributed by atoms with Crippen LogP contribution in [0, 0.1) is 0 Å². The molecule has 1 heterocycles. The van der Waals surface area contributed by atoms with E-state index in [0.29, 0.717) is 17.6 Å². The molecule has 0 aliphatic carbocycles. The summed E-state index contributed by atoms with van der Waals surface area (Å²) in [7, 11) is 0. The second-order valence-corrected chi connectivity index (χ2v) is 5.75. The van der Waals surface area contributed by atoms with Crippen LogP contribution in [0.2, 0.25) is 0 Å². The molecule has 1 aromatic carbocycles. The van der Waals surface area contributed by atoms with E-state index >= 15 is 0 Å². The van der Waals surface area contributed by atoms with Crippen molar-refractivity contribution in [3.63, 3.8) is 0 Å². The molecule has 0 radical (unpaired) electrons. The molecule has 8 nitrogen and oxygen atoms in total. The number of rotatable bonds is 7. The van der Waals surface area contributed by atoms with Crippen molar-refractivity contribution >= 4 is 35.0 Å². The molecule has 4 N–H and O–H groups in total. The summed E-state index contributed by atoms with van der Waals surface area (Å²) < 4.78 is 39.5. The van der Waals surface area contributed by atoms with E-state index in [1.807, 2.05) is 0 Å². The lowest BCUT2D eigenvalue weighted by molar-refractivity contribution is -0.137. The molecule has 2 aromatic rings. The van der Waals surface area contributed by atoms with Gasteiger partial charge in [0.15, 0.2) is 0 Å². The summed E-state index contributed by atoms with van der Waals surface area (Å²) in [4.78, 5) is 29.6. The Hall–Kier alpha value is -3.37. The molecule has 150 valence electrons. The van der Waals surface area contributed by atoms with Crippen molar-refractivity contribution in [1.29, 1.82) is 0 Å². The van der Waals surface area contributed by atoms with Crippen molar-refractivity contribution in [2.45, 2.75) is 20.0 Å². The third kappa shape index (κ3) is 6.41. The van der Waals surface area contributed by atoms with Gasteiger partial charge in [-0.25, -0.2) is 4.98 Å². The molecule has 0 aliphatic rings. The summed E-state index contributed by atoms with van der Waals surface area (Å²) in [6.45, 7) is 2.86. The SMILES string of the molecule is CC(=O)NCCNc1nc(Nc2cccc(NC(C)=O)c2)ncc1C(F)(F)F. The zero-order chi connectivity index (χ0) is 20.7. The Bertz CT molecular complexity index is 857. The first-order chi connectivity index (χ1) is 13.1. The molecule has 0 unspecified atom stereocenters. The monoisotopic (exact) mass is 396 g/mol. The van der Waals surface area contributed by atoms with Crippen LogP contribution in [-0.2, 0) is 15.8 Å². The summed E-state index contributed by atoms with van der Waals surface area (Å²) in [5.41, 5.74) is -0.0267. The number of halogens is 3. The van der Waals surface area contributed by atoms with Crippen LogP contribution >= 0.6 is 0 Å². The zero-order valence-corrected chi connectivity index (χ0v) is 15.1. The van der Waals surface area contributed by atoms with Gasteiger partial charge in [0.25, 0.3) is 0 Å². The molecule has 0 atom stereocenters. The third-order valence-corrected chi connectivity index (χ3v) is 3.32. The molecule has 0 aliphatic heterocycles. The van der Waals surface area contributed by atoms with Crippen LogP contribution in [-0.4, -0.2) is 34.9 Å². The van der Waals surface area contributed by atoms with Crippen LogP contribution in [0.1, 0.15) is 19.4 Å². The Labute approximate surface area is 159 Å². The maximum Gasteiger partial charge on any atom is 0.421 e. The lowest BCUT2D eigenvalue weighted by Gasteiger charge is -2.15. The lowest BCUT2D eigenvalue weighted by Crippen LogP contribution is -2.27. The van der Waals surface area contributed by atoms with Crippen molar-refractivity contribution in [3.05, 3.63) is 36.0 Å². The molecular weight excluding hydrogens is 377 g/mol. The molecule has 11 heteroatoms. The van der Waals surface area contributed by atoms with Crippen LogP contribution in [0.4, 0.5) is 36.3 Å². The van der Waals surface area contributed by atoms with E-state index in [1.165, 1.54) is 13.8 Å². The Morgan fingerprint density at radius 3 is 2.43 bits per heavy atom. The smallest absolute Gasteiger partial charge is 0.368 e. The van der Waals surface area contributed by atoms with Crippen molar-refractivity contribution < 1.29 is 22.8 Å². The van der Waals surface area contributed by atoms with Gasteiger partial charge in [-0.3, -0.25) is 9.59 Å². The number of hydrogen-bond donors (Lipinski definition) is 4. The van der Waals surface area contributed by atoms with Crippen LogP contribution < -0.4 is 21.3 Å². The van der Waals surface area contributed by atoms with Gasteiger partial charge in [-0.2, -0.15) is 18.2 Å². The molecule has 0 fully saturated rings. The van der Waals surface area contributed by atoms with Crippen molar-refractivity contribution in [2.24, 2.45) is 0 Å². The first-order valence-corrected chi connectivity index (χ1v) is 8.22. The Morgan fingerprint density at radius 1 is 1.07 bits per heavy atom. The fourth-order valence-corrected chi connectivity index (χ4v) is 2.21. The summed E-state index contributed by atoms with van der Waals surface area (Å²) in [5.74, 6) is -1.01. The average Bonchev–Trinajstić information content (AvgIpc) is 2.57. The Morgan fingerprint density at radius 2 is 1.79 bits per heavy atom. The highest BCUT2D eigenvalue weighted by Gasteiger charge is 2.35. The average molecular weight is 396 g/mol. The number of hydrogen-bond acceptors (Lipinski definition) is 6. The Kier molecular flexibility index (Phi) is 6.74. The van der Waals surface area contributed by atoms with Crippen LogP contribution in [0.3, 0.4) is 0 Å². The number of alkyl halides is 3. The van der Waals surface area contributed by atoms with E-state index in [1.54, 1.807) is 24.3 Å². The topological polar surface area (TPSA) is 108 Å². The molecule has 2 rings (SSSR count). The van der Waals surface area contributed by atoms with Gasteiger partial charge in [-0.1, -0.05) is 6.07 Å². The van der Waals surface area contributed by atoms with Crippen molar-refractivity contribution in [2.75, 3.05) is 29.0 Å². The van der Waals surface area contributed by atoms with Crippen LogP contribution in [0.15, 0.2) is 30.5 Å².